The van der Waals surface area contributed by atoms with Crippen LogP contribution in [-0.2, 0) is 11.3 Å². The van der Waals surface area contributed by atoms with Gasteiger partial charge in [-0.05, 0) is 6.07 Å². The van der Waals surface area contributed by atoms with Crippen LogP contribution in [0.25, 0.3) is 10.8 Å². The molecule has 1 aromatic heterocycles. The summed E-state index contributed by atoms with van der Waals surface area (Å²) in [5.74, 6) is -0.0468. The van der Waals surface area contributed by atoms with E-state index in [1.54, 1.807) is 6.07 Å². The Kier molecular flexibility index (Phi) is 4.25. The molecule has 2 rings (SSSR count). The van der Waals surface area contributed by atoms with Crippen LogP contribution in [0.15, 0.2) is 29.1 Å². The topological polar surface area (TPSA) is 86.9 Å². The molecule has 0 atom stereocenters. The first-order valence-corrected chi connectivity index (χ1v) is 6.10. The lowest BCUT2D eigenvalue weighted by Crippen LogP contribution is -2.30. The fourth-order valence-corrected chi connectivity index (χ4v) is 1.84. The van der Waals surface area contributed by atoms with Crippen LogP contribution in [0.3, 0.4) is 0 Å². The maximum atomic E-state index is 11.6. The Morgan fingerprint density at radius 2 is 2.00 bits per heavy atom. The molecule has 19 heavy (non-hydrogen) atoms. The van der Waals surface area contributed by atoms with Crippen LogP contribution in [0.5, 0.6) is 0 Å². The van der Waals surface area contributed by atoms with Crippen molar-refractivity contribution in [1.82, 2.24) is 20.8 Å². The van der Waals surface area contributed by atoms with Crippen molar-refractivity contribution in [3.05, 3.63) is 40.3 Å². The monoisotopic (exact) mass is 260 g/mol. The number of nitrogens with one attached hydrogen (secondary N) is 3. The van der Waals surface area contributed by atoms with E-state index >= 15 is 0 Å². The zero-order valence-corrected chi connectivity index (χ0v) is 10.7. The number of benzene rings is 1. The molecule has 0 saturated heterocycles. The Hall–Kier alpha value is -2.21. The number of amides is 1. The number of hydrogen-bond acceptors (Lipinski definition) is 4. The summed E-state index contributed by atoms with van der Waals surface area (Å²) in [6.07, 6.45) is 0. The van der Waals surface area contributed by atoms with Crippen molar-refractivity contribution < 1.29 is 4.79 Å². The maximum absolute atomic E-state index is 11.6. The summed E-state index contributed by atoms with van der Waals surface area (Å²) in [6, 6.07) is 7.36. The zero-order valence-electron chi connectivity index (χ0n) is 10.7. The molecule has 1 heterocycles. The Morgan fingerprint density at radius 1 is 1.26 bits per heavy atom. The number of nitrogens with zero attached hydrogens (tertiary/aromatic N) is 1. The minimum atomic E-state index is -0.183. The normalized spacial score (nSPS) is 10.6. The van der Waals surface area contributed by atoms with Gasteiger partial charge in [0.15, 0.2) is 0 Å². The second-order valence-electron chi connectivity index (χ2n) is 4.20. The predicted molar refractivity (Wildman–Crippen MR) is 72.8 cm³/mol. The summed E-state index contributed by atoms with van der Waals surface area (Å²) in [7, 11) is 0. The Bertz CT molecular complexity index is 636. The number of carbonyl (C=O) groups is 1. The molecule has 6 heteroatoms. The average molecular weight is 260 g/mol. The number of H-pyrrole nitrogens is 1. The molecule has 6 nitrogen and oxygen atoms in total. The first-order valence-electron chi connectivity index (χ1n) is 6.10. The van der Waals surface area contributed by atoms with Crippen LogP contribution in [0, 0.1) is 0 Å². The lowest BCUT2D eigenvalue weighted by molar-refractivity contribution is -0.118. The molecule has 0 aliphatic heterocycles. The molecule has 100 valence electrons. The van der Waals surface area contributed by atoms with Crippen molar-refractivity contribution in [3.63, 3.8) is 0 Å². The van der Waals surface area contributed by atoms with Crippen LogP contribution in [0.2, 0.25) is 0 Å². The van der Waals surface area contributed by atoms with E-state index in [0.29, 0.717) is 25.0 Å². The molecule has 0 spiro atoms. The molecule has 3 N–H and O–H groups in total. The highest BCUT2D eigenvalue weighted by molar-refractivity contribution is 5.83. The first-order chi connectivity index (χ1) is 9.18. The van der Waals surface area contributed by atoms with Gasteiger partial charge < -0.3 is 10.6 Å². The van der Waals surface area contributed by atoms with E-state index in [-0.39, 0.29) is 11.5 Å². The van der Waals surface area contributed by atoms with Crippen LogP contribution < -0.4 is 16.2 Å². The van der Waals surface area contributed by atoms with Gasteiger partial charge in [0.05, 0.1) is 11.1 Å². The minimum absolute atomic E-state index is 0.0468. The highest BCUT2D eigenvalue weighted by atomic mass is 16.1. The third-order valence-electron chi connectivity index (χ3n) is 2.74. The van der Waals surface area contributed by atoms with E-state index in [1.165, 1.54) is 6.92 Å². The van der Waals surface area contributed by atoms with Gasteiger partial charge in [-0.25, -0.2) is 5.10 Å². The molecule has 0 aliphatic rings. The van der Waals surface area contributed by atoms with Crippen molar-refractivity contribution in [2.24, 2.45) is 0 Å². The number of rotatable bonds is 5. The number of hydrogen-bond donors (Lipinski definition) is 3. The second kappa shape index (κ2) is 6.10. The third kappa shape index (κ3) is 3.38. The number of aromatic amines is 1. The van der Waals surface area contributed by atoms with Crippen molar-refractivity contribution in [2.75, 3.05) is 13.1 Å². The smallest absolute Gasteiger partial charge is 0.272 e. The van der Waals surface area contributed by atoms with Crippen LogP contribution in [-0.4, -0.2) is 29.2 Å². The number of aromatic nitrogens is 2. The summed E-state index contributed by atoms with van der Waals surface area (Å²) in [5, 5.41) is 13.9. The molecule has 0 unspecified atom stereocenters. The van der Waals surface area contributed by atoms with E-state index < -0.39 is 0 Å². The van der Waals surface area contributed by atoms with Gasteiger partial charge in [0.2, 0.25) is 5.91 Å². The fourth-order valence-electron chi connectivity index (χ4n) is 1.84. The van der Waals surface area contributed by atoms with Crippen molar-refractivity contribution >= 4 is 16.7 Å². The molecular weight excluding hydrogens is 244 g/mol. The molecule has 0 aliphatic carbocycles. The van der Waals surface area contributed by atoms with E-state index in [1.807, 2.05) is 18.2 Å². The fraction of sp³-hybridized carbons (Fsp3) is 0.308. The van der Waals surface area contributed by atoms with Crippen LogP contribution in [0.4, 0.5) is 0 Å². The Balaban J connectivity index is 2.03. The molecule has 0 radical (unpaired) electrons. The largest absolute Gasteiger partial charge is 0.355 e. The Labute approximate surface area is 110 Å². The van der Waals surface area contributed by atoms with Crippen LogP contribution in [0.1, 0.15) is 12.6 Å². The number of carbonyl (C=O) groups excluding carboxylic acids is 1. The van der Waals surface area contributed by atoms with E-state index in [0.717, 1.165) is 11.1 Å². The third-order valence-corrected chi connectivity index (χ3v) is 2.74. The van der Waals surface area contributed by atoms with Gasteiger partial charge in [0, 0.05) is 31.9 Å². The maximum Gasteiger partial charge on any atom is 0.272 e. The predicted octanol–water partition coefficient (Wildman–Crippen LogP) is 0.149. The molecule has 0 saturated carbocycles. The molecule has 1 amide bonds. The molecule has 0 bridgehead atoms. The summed E-state index contributed by atoms with van der Waals surface area (Å²) in [4.78, 5) is 22.3. The van der Waals surface area contributed by atoms with Crippen LogP contribution >= 0.6 is 0 Å². The second-order valence-corrected chi connectivity index (χ2v) is 4.20. The molecule has 1 aromatic carbocycles. The van der Waals surface area contributed by atoms with Gasteiger partial charge in [-0.3, -0.25) is 9.59 Å². The summed E-state index contributed by atoms with van der Waals surface area (Å²) in [6.45, 7) is 3.24. The minimum Gasteiger partial charge on any atom is -0.355 e. The lowest BCUT2D eigenvalue weighted by atomic mass is 10.1. The summed E-state index contributed by atoms with van der Waals surface area (Å²) >= 11 is 0. The van der Waals surface area contributed by atoms with Crippen molar-refractivity contribution in [1.29, 1.82) is 0 Å². The van der Waals surface area contributed by atoms with Crippen molar-refractivity contribution in [2.45, 2.75) is 13.5 Å². The van der Waals surface area contributed by atoms with Gasteiger partial charge in [-0.15, -0.1) is 0 Å². The van der Waals surface area contributed by atoms with Gasteiger partial charge in [0.1, 0.15) is 0 Å². The molecular formula is C13H16N4O2. The highest BCUT2D eigenvalue weighted by Crippen LogP contribution is 2.11. The SMILES string of the molecule is CC(=O)NCCNCc1n[nH]c(=O)c2ccccc12. The molecule has 0 fully saturated rings. The summed E-state index contributed by atoms with van der Waals surface area (Å²) in [5.41, 5.74) is 0.607. The first kappa shape index (κ1) is 13.2. The molecule has 2 aromatic rings. The van der Waals surface area contributed by atoms with Gasteiger partial charge in [0.25, 0.3) is 5.56 Å². The standard InChI is InChI=1S/C13H16N4O2/c1-9(18)15-7-6-14-8-12-10-4-2-3-5-11(10)13(19)17-16-12/h2-5,14H,6-8H2,1H3,(H,15,18)(H,17,19). The zero-order chi connectivity index (χ0) is 13.7. The highest BCUT2D eigenvalue weighted by Gasteiger charge is 2.04. The quantitative estimate of drug-likeness (QED) is 0.668. The summed E-state index contributed by atoms with van der Waals surface area (Å²) < 4.78 is 0. The average Bonchev–Trinajstić information content (AvgIpc) is 2.41. The van der Waals surface area contributed by atoms with E-state index in [9.17, 15) is 9.59 Å². The lowest BCUT2D eigenvalue weighted by Gasteiger charge is -2.07. The van der Waals surface area contributed by atoms with Crippen molar-refractivity contribution in [3.8, 4) is 0 Å². The van der Waals surface area contributed by atoms with Gasteiger partial charge in [-0.2, -0.15) is 5.10 Å². The van der Waals surface area contributed by atoms with E-state index in [2.05, 4.69) is 20.8 Å². The number of fused-ring (bicyclic) bond motifs is 1. The Morgan fingerprint density at radius 3 is 2.74 bits per heavy atom. The van der Waals surface area contributed by atoms with Gasteiger partial charge in [-0.1, -0.05) is 18.2 Å². The van der Waals surface area contributed by atoms with E-state index in [4.69, 9.17) is 0 Å². The van der Waals surface area contributed by atoms with Gasteiger partial charge >= 0.3 is 0 Å².